The smallest absolute Gasteiger partial charge is 0.416 e. The minimum Gasteiger partial charge on any atom is -0.491 e. The van der Waals surface area contributed by atoms with Gasteiger partial charge < -0.3 is 19.6 Å². The number of nitrogens with zero attached hydrogens (tertiary/aromatic N) is 1. The number of benzene rings is 1. The van der Waals surface area contributed by atoms with Crippen LogP contribution in [0.25, 0.3) is 0 Å². The van der Waals surface area contributed by atoms with Crippen LogP contribution in [0.3, 0.4) is 0 Å². The molecule has 3 rings (SSSR count). The molecular weight excluding hydrogens is 453 g/mol. The molecule has 2 N–H and O–H groups in total. The highest BCUT2D eigenvalue weighted by Crippen LogP contribution is 2.31. The number of carbonyl (C=O) groups is 1. The van der Waals surface area contributed by atoms with Gasteiger partial charge >= 0.3 is 6.18 Å². The third-order valence-electron chi connectivity index (χ3n) is 4.82. The average Bonchev–Trinajstić information content (AvgIpc) is 3.27. The Kier molecular flexibility index (Phi) is 7.47. The van der Waals surface area contributed by atoms with Crippen LogP contribution in [0.5, 0.6) is 5.75 Å². The van der Waals surface area contributed by atoms with Crippen molar-refractivity contribution in [1.82, 2.24) is 9.62 Å². The van der Waals surface area contributed by atoms with Crippen LogP contribution in [0, 0.1) is 0 Å². The number of nitrogens with one attached hydrogen (secondary N) is 1. The number of aliphatic hydroxyl groups is 1. The molecule has 2 heterocycles. The zero-order chi connectivity index (χ0) is 23.4. The van der Waals surface area contributed by atoms with Crippen molar-refractivity contribution in [2.45, 2.75) is 36.6 Å². The van der Waals surface area contributed by atoms with Crippen LogP contribution in [-0.4, -0.2) is 56.1 Å². The van der Waals surface area contributed by atoms with Crippen molar-refractivity contribution in [2.24, 2.45) is 0 Å². The van der Waals surface area contributed by atoms with Gasteiger partial charge in [0.25, 0.3) is 15.9 Å². The summed E-state index contributed by atoms with van der Waals surface area (Å²) in [6.07, 6.45) is -3.27. The molecule has 176 valence electrons. The summed E-state index contributed by atoms with van der Waals surface area (Å²) in [7, 11) is -3.82. The van der Waals surface area contributed by atoms with E-state index in [9.17, 15) is 31.5 Å². The summed E-state index contributed by atoms with van der Waals surface area (Å²) < 4.78 is 75.0. The van der Waals surface area contributed by atoms with E-state index in [0.717, 1.165) is 31.4 Å². The van der Waals surface area contributed by atoms with Crippen LogP contribution in [0.15, 0.2) is 45.9 Å². The van der Waals surface area contributed by atoms with Crippen LogP contribution in [0.2, 0.25) is 0 Å². The van der Waals surface area contributed by atoms with Crippen LogP contribution in [-0.2, 0) is 16.2 Å². The van der Waals surface area contributed by atoms with E-state index >= 15 is 0 Å². The molecule has 1 fully saturated rings. The summed E-state index contributed by atoms with van der Waals surface area (Å²) in [6.45, 7) is 0.131. The number of aliphatic hydroxyl groups excluding tert-OH is 1. The van der Waals surface area contributed by atoms with E-state index in [2.05, 4.69) is 5.32 Å². The van der Waals surface area contributed by atoms with Gasteiger partial charge in [-0.1, -0.05) is 12.5 Å². The van der Waals surface area contributed by atoms with E-state index < -0.39 is 33.8 Å². The first-order valence-corrected chi connectivity index (χ1v) is 11.4. The fraction of sp³-hybridized carbons (Fsp3) is 0.450. The molecule has 1 amide bonds. The molecule has 0 aliphatic carbocycles. The monoisotopic (exact) mass is 476 g/mol. The topological polar surface area (TPSA) is 109 Å². The highest BCUT2D eigenvalue weighted by molar-refractivity contribution is 7.89. The molecule has 12 heteroatoms. The van der Waals surface area contributed by atoms with E-state index in [1.807, 2.05) is 0 Å². The predicted octanol–water partition coefficient (Wildman–Crippen LogP) is 2.64. The average molecular weight is 476 g/mol. The third-order valence-corrected chi connectivity index (χ3v) is 6.59. The molecule has 0 spiro atoms. The Bertz CT molecular complexity index is 1030. The van der Waals surface area contributed by atoms with Crippen molar-refractivity contribution < 1.29 is 40.6 Å². The quantitative estimate of drug-likeness (QED) is 0.606. The number of halogens is 3. The van der Waals surface area contributed by atoms with Crippen LogP contribution in [0.4, 0.5) is 13.2 Å². The Morgan fingerprint density at radius 2 is 1.91 bits per heavy atom. The van der Waals surface area contributed by atoms with Crippen molar-refractivity contribution in [3.63, 3.8) is 0 Å². The van der Waals surface area contributed by atoms with Gasteiger partial charge in [0.15, 0.2) is 5.76 Å². The fourth-order valence-electron chi connectivity index (χ4n) is 3.12. The van der Waals surface area contributed by atoms with Gasteiger partial charge in [-0.3, -0.25) is 4.79 Å². The summed E-state index contributed by atoms with van der Waals surface area (Å²) in [4.78, 5) is 12.2. The second-order valence-electron chi connectivity index (χ2n) is 7.28. The van der Waals surface area contributed by atoms with Crippen LogP contribution in [0.1, 0.15) is 35.4 Å². The molecule has 8 nitrogen and oxygen atoms in total. The van der Waals surface area contributed by atoms with E-state index in [-0.39, 0.29) is 29.8 Å². The van der Waals surface area contributed by atoms with Gasteiger partial charge in [-0.05, 0) is 43.2 Å². The lowest BCUT2D eigenvalue weighted by molar-refractivity contribution is -0.137. The molecular formula is C20H23F3N2O6S. The minimum atomic E-state index is -4.52. The largest absolute Gasteiger partial charge is 0.491 e. The standard InChI is InChI=1S/C20H23F3N2O6S/c21-20(22,23)14-5-4-6-16(11-14)30-13-15(26)12-24-19(27)17-7-8-18(31-17)32(28,29)25-9-2-1-3-10-25/h4-8,11,15,26H,1-3,9-10,12-13H2,(H,24,27). The number of hydrogen-bond donors (Lipinski definition) is 2. The summed E-state index contributed by atoms with van der Waals surface area (Å²) in [5.41, 5.74) is -0.883. The Hall–Kier alpha value is -2.57. The number of amides is 1. The summed E-state index contributed by atoms with van der Waals surface area (Å²) in [6, 6.07) is 6.61. The zero-order valence-electron chi connectivity index (χ0n) is 17.0. The summed E-state index contributed by atoms with van der Waals surface area (Å²) in [5.74, 6) is -1.07. The van der Waals surface area contributed by atoms with Crippen molar-refractivity contribution in [1.29, 1.82) is 0 Å². The molecule has 0 saturated carbocycles. The van der Waals surface area contributed by atoms with Gasteiger partial charge in [0.1, 0.15) is 18.5 Å². The third kappa shape index (κ3) is 6.02. The molecule has 2 aromatic rings. The van der Waals surface area contributed by atoms with Gasteiger partial charge in [0.05, 0.1) is 5.56 Å². The Morgan fingerprint density at radius 1 is 1.19 bits per heavy atom. The van der Waals surface area contributed by atoms with Crippen molar-refractivity contribution >= 4 is 15.9 Å². The maximum absolute atomic E-state index is 12.7. The number of sulfonamides is 1. The lowest BCUT2D eigenvalue weighted by atomic mass is 10.2. The lowest BCUT2D eigenvalue weighted by Gasteiger charge is -2.24. The zero-order valence-corrected chi connectivity index (χ0v) is 17.8. The SMILES string of the molecule is O=C(NCC(O)COc1cccc(C(F)(F)F)c1)c1ccc(S(=O)(=O)N2CCCCC2)o1. The van der Waals surface area contributed by atoms with E-state index in [0.29, 0.717) is 13.1 Å². The number of piperidine rings is 1. The number of hydrogen-bond acceptors (Lipinski definition) is 6. The molecule has 1 unspecified atom stereocenters. The Balaban J connectivity index is 1.50. The molecule has 1 atom stereocenters. The number of ether oxygens (including phenoxy) is 1. The molecule has 1 aliphatic rings. The van der Waals surface area contributed by atoms with E-state index in [1.54, 1.807) is 0 Å². The first-order valence-electron chi connectivity index (χ1n) is 9.93. The highest BCUT2D eigenvalue weighted by Gasteiger charge is 2.31. The molecule has 1 aromatic carbocycles. The predicted molar refractivity (Wildman–Crippen MR) is 107 cm³/mol. The normalized spacial score (nSPS) is 16.5. The highest BCUT2D eigenvalue weighted by atomic mass is 32.2. The van der Waals surface area contributed by atoms with Gasteiger partial charge in [-0.25, -0.2) is 8.42 Å². The Morgan fingerprint density at radius 3 is 2.59 bits per heavy atom. The van der Waals surface area contributed by atoms with Crippen molar-refractivity contribution in [3.05, 3.63) is 47.7 Å². The summed E-state index contributed by atoms with van der Waals surface area (Å²) >= 11 is 0. The van der Waals surface area contributed by atoms with Crippen molar-refractivity contribution in [2.75, 3.05) is 26.2 Å². The van der Waals surface area contributed by atoms with Gasteiger partial charge in [-0.2, -0.15) is 17.5 Å². The molecule has 1 aromatic heterocycles. The molecule has 32 heavy (non-hydrogen) atoms. The molecule has 0 radical (unpaired) electrons. The van der Waals surface area contributed by atoms with Crippen LogP contribution < -0.4 is 10.1 Å². The summed E-state index contributed by atoms with van der Waals surface area (Å²) in [5, 5.41) is 12.0. The number of rotatable bonds is 8. The first-order chi connectivity index (χ1) is 15.1. The first kappa shape index (κ1) is 24.1. The molecule has 0 bridgehead atoms. The molecule has 1 saturated heterocycles. The van der Waals surface area contributed by atoms with E-state index in [4.69, 9.17) is 9.15 Å². The minimum absolute atomic E-state index is 0.0798. The number of alkyl halides is 3. The van der Waals surface area contributed by atoms with Gasteiger partial charge in [-0.15, -0.1) is 0 Å². The maximum Gasteiger partial charge on any atom is 0.416 e. The van der Waals surface area contributed by atoms with Crippen LogP contribution >= 0.6 is 0 Å². The number of furan rings is 1. The maximum atomic E-state index is 12.7. The second kappa shape index (κ2) is 9.92. The fourth-order valence-corrected chi connectivity index (χ4v) is 4.55. The van der Waals surface area contributed by atoms with Crippen molar-refractivity contribution in [3.8, 4) is 5.75 Å². The second-order valence-corrected chi connectivity index (χ2v) is 9.15. The van der Waals surface area contributed by atoms with E-state index in [1.165, 1.54) is 28.6 Å². The van der Waals surface area contributed by atoms with Gasteiger partial charge in [0.2, 0.25) is 5.09 Å². The number of carbonyl (C=O) groups excluding carboxylic acids is 1. The Labute approximate surface area is 183 Å². The van der Waals surface area contributed by atoms with Gasteiger partial charge in [0, 0.05) is 19.6 Å². The lowest BCUT2D eigenvalue weighted by Crippen LogP contribution is -2.35. The molecule has 1 aliphatic heterocycles.